The lowest BCUT2D eigenvalue weighted by atomic mass is 10.1. The molecule has 1 aromatic rings. The van der Waals surface area contributed by atoms with Crippen molar-refractivity contribution in [1.82, 2.24) is 0 Å². The molecule has 3 nitrogen and oxygen atoms in total. The van der Waals surface area contributed by atoms with E-state index in [1.807, 2.05) is 32.0 Å². The highest BCUT2D eigenvalue weighted by molar-refractivity contribution is 7.85. The van der Waals surface area contributed by atoms with Crippen LogP contribution in [0.25, 0.3) is 0 Å². The fourth-order valence-corrected chi connectivity index (χ4v) is 3.53. The number of aliphatic carboxylic acids is 1. The van der Waals surface area contributed by atoms with Crippen LogP contribution in [-0.2, 0) is 21.3 Å². The van der Waals surface area contributed by atoms with Crippen molar-refractivity contribution in [2.45, 2.75) is 38.7 Å². The summed E-state index contributed by atoms with van der Waals surface area (Å²) in [5.74, 6) is -0.801. The Morgan fingerprint density at radius 3 is 2.44 bits per heavy atom. The molecule has 2 atom stereocenters. The standard InChI is InChI=1S/C14H20O3S/c1-9(2)13(14(15)16)18(17)8-12-7-10(3)5-6-11(12)4/h5-7,9,13H,8H2,1-4H3,(H,15,16)/t13-,18-/m0/s1. The Kier molecular flexibility index (Phi) is 5.08. The first kappa shape index (κ1) is 14.9. The number of aryl methyl sites for hydroxylation is 2. The topological polar surface area (TPSA) is 54.4 Å². The average Bonchev–Trinajstić information content (AvgIpc) is 2.22. The number of rotatable bonds is 5. The summed E-state index contributed by atoms with van der Waals surface area (Å²) in [4.78, 5) is 11.1. The van der Waals surface area contributed by atoms with Gasteiger partial charge in [0.15, 0.2) is 0 Å². The zero-order valence-electron chi connectivity index (χ0n) is 11.3. The monoisotopic (exact) mass is 268 g/mol. The van der Waals surface area contributed by atoms with Crippen LogP contribution in [0.1, 0.15) is 30.5 Å². The van der Waals surface area contributed by atoms with Crippen LogP contribution in [0.15, 0.2) is 18.2 Å². The van der Waals surface area contributed by atoms with E-state index in [2.05, 4.69) is 0 Å². The third-order valence-corrected chi connectivity index (χ3v) is 4.84. The third kappa shape index (κ3) is 3.67. The number of carboxylic acids is 1. The fraction of sp³-hybridized carbons (Fsp3) is 0.500. The Labute approximate surface area is 111 Å². The van der Waals surface area contributed by atoms with E-state index in [0.29, 0.717) is 5.75 Å². The highest BCUT2D eigenvalue weighted by Crippen LogP contribution is 2.18. The highest BCUT2D eigenvalue weighted by Gasteiger charge is 2.28. The predicted octanol–water partition coefficient (Wildman–Crippen LogP) is 2.66. The molecule has 0 saturated heterocycles. The smallest absolute Gasteiger partial charge is 0.319 e. The van der Waals surface area contributed by atoms with E-state index in [1.54, 1.807) is 13.8 Å². The first-order valence-electron chi connectivity index (χ1n) is 5.99. The second-order valence-corrected chi connectivity index (χ2v) is 6.52. The van der Waals surface area contributed by atoms with Crippen molar-refractivity contribution in [2.24, 2.45) is 5.92 Å². The minimum absolute atomic E-state index is 0.131. The van der Waals surface area contributed by atoms with Gasteiger partial charge in [0, 0.05) is 16.6 Å². The van der Waals surface area contributed by atoms with Crippen molar-refractivity contribution in [3.63, 3.8) is 0 Å². The average molecular weight is 268 g/mol. The summed E-state index contributed by atoms with van der Waals surface area (Å²) in [6, 6.07) is 5.96. The highest BCUT2D eigenvalue weighted by atomic mass is 32.2. The van der Waals surface area contributed by atoms with Crippen molar-refractivity contribution in [2.75, 3.05) is 0 Å². The fourth-order valence-electron chi connectivity index (χ4n) is 1.90. The van der Waals surface area contributed by atoms with Gasteiger partial charge >= 0.3 is 5.97 Å². The quantitative estimate of drug-likeness (QED) is 0.893. The molecule has 0 aromatic heterocycles. The lowest BCUT2D eigenvalue weighted by Gasteiger charge is -2.16. The minimum atomic E-state index is -1.39. The summed E-state index contributed by atoms with van der Waals surface area (Å²) in [6.45, 7) is 7.51. The lowest BCUT2D eigenvalue weighted by Crippen LogP contribution is -2.31. The molecule has 0 radical (unpaired) electrons. The zero-order chi connectivity index (χ0) is 13.9. The Morgan fingerprint density at radius 2 is 1.94 bits per heavy atom. The van der Waals surface area contributed by atoms with E-state index in [1.165, 1.54) is 0 Å². The summed E-state index contributed by atoms with van der Waals surface area (Å²) in [5.41, 5.74) is 3.13. The van der Waals surface area contributed by atoms with Crippen molar-refractivity contribution in [3.8, 4) is 0 Å². The van der Waals surface area contributed by atoms with Crippen LogP contribution in [0.3, 0.4) is 0 Å². The SMILES string of the molecule is Cc1ccc(C)c(C[S@](=O)[C@H](C(=O)O)C(C)C)c1. The molecule has 1 N–H and O–H groups in total. The molecule has 0 fully saturated rings. The Hall–Kier alpha value is -1.16. The molecule has 0 heterocycles. The van der Waals surface area contributed by atoms with E-state index in [-0.39, 0.29) is 5.92 Å². The molecule has 100 valence electrons. The van der Waals surface area contributed by atoms with Gasteiger partial charge in [0.25, 0.3) is 0 Å². The van der Waals surface area contributed by atoms with Gasteiger partial charge in [-0.05, 0) is 30.9 Å². The molecule has 1 aromatic carbocycles. The van der Waals surface area contributed by atoms with Crippen molar-refractivity contribution in [1.29, 1.82) is 0 Å². The molecule has 0 saturated carbocycles. The molecule has 4 heteroatoms. The van der Waals surface area contributed by atoms with Gasteiger partial charge in [-0.25, -0.2) is 0 Å². The number of hydrogen-bond acceptors (Lipinski definition) is 2. The van der Waals surface area contributed by atoms with Gasteiger partial charge < -0.3 is 5.11 Å². The van der Waals surface area contributed by atoms with Gasteiger partial charge in [0.2, 0.25) is 0 Å². The predicted molar refractivity (Wildman–Crippen MR) is 74.0 cm³/mol. The maximum atomic E-state index is 12.2. The normalized spacial score (nSPS) is 14.5. The second kappa shape index (κ2) is 6.14. The van der Waals surface area contributed by atoms with Crippen LogP contribution in [0.5, 0.6) is 0 Å². The largest absolute Gasteiger partial charge is 0.480 e. The van der Waals surface area contributed by atoms with Crippen LogP contribution in [0.4, 0.5) is 0 Å². The number of carboxylic acid groups (broad SMARTS) is 1. The Morgan fingerprint density at radius 1 is 1.33 bits per heavy atom. The van der Waals surface area contributed by atoms with Crippen LogP contribution >= 0.6 is 0 Å². The lowest BCUT2D eigenvalue weighted by molar-refractivity contribution is -0.137. The molecule has 0 amide bonds. The maximum Gasteiger partial charge on any atom is 0.319 e. The van der Waals surface area contributed by atoms with Crippen LogP contribution < -0.4 is 0 Å². The summed E-state index contributed by atoms with van der Waals surface area (Å²) in [7, 11) is -1.39. The van der Waals surface area contributed by atoms with E-state index >= 15 is 0 Å². The molecule has 0 spiro atoms. The van der Waals surface area contributed by atoms with Crippen LogP contribution in [0, 0.1) is 19.8 Å². The molecular weight excluding hydrogens is 248 g/mol. The summed E-state index contributed by atoms with van der Waals surface area (Å²) in [5, 5.41) is 8.32. The maximum absolute atomic E-state index is 12.2. The molecule has 0 unspecified atom stereocenters. The number of hydrogen-bond donors (Lipinski definition) is 1. The van der Waals surface area contributed by atoms with Gasteiger partial charge in [0.1, 0.15) is 5.25 Å². The van der Waals surface area contributed by atoms with Gasteiger partial charge in [0.05, 0.1) is 0 Å². The number of carbonyl (C=O) groups is 1. The molecule has 0 bridgehead atoms. The van der Waals surface area contributed by atoms with E-state index in [4.69, 9.17) is 5.11 Å². The van der Waals surface area contributed by atoms with Gasteiger partial charge in [-0.15, -0.1) is 0 Å². The Bertz CT molecular complexity index is 466. The first-order chi connectivity index (χ1) is 8.32. The van der Waals surface area contributed by atoms with Gasteiger partial charge in [-0.1, -0.05) is 37.6 Å². The zero-order valence-corrected chi connectivity index (χ0v) is 12.1. The molecule has 0 aliphatic heterocycles. The minimum Gasteiger partial charge on any atom is -0.480 e. The van der Waals surface area contributed by atoms with E-state index < -0.39 is 22.0 Å². The van der Waals surface area contributed by atoms with Crippen LogP contribution in [-0.4, -0.2) is 20.5 Å². The first-order valence-corrected chi connectivity index (χ1v) is 7.37. The van der Waals surface area contributed by atoms with Crippen molar-refractivity contribution >= 4 is 16.8 Å². The molecule has 0 aliphatic rings. The molecular formula is C14H20O3S. The van der Waals surface area contributed by atoms with Crippen LogP contribution in [0.2, 0.25) is 0 Å². The summed E-state index contributed by atoms with van der Waals surface area (Å²) < 4.78 is 12.2. The summed E-state index contributed by atoms with van der Waals surface area (Å²) >= 11 is 0. The van der Waals surface area contributed by atoms with E-state index in [0.717, 1.165) is 16.7 Å². The Balaban J connectivity index is 2.92. The molecule has 1 rings (SSSR count). The number of benzene rings is 1. The molecule has 18 heavy (non-hydrogen) atoms. The molecule has 0 aliphatic carbocycles. The second-order valence-electron chi connectivity index (χ2n) is 4.96. The van der Waals surface area contributed by atoms with E-state index in [9.17, 15) is 9.00 Å². The third-order valence-electron chi connectivity index (χ3n) is 2.93. The van der Waals surface area contributed by atoms with Crippen molar-refractivity contribution < 1.29 is 14.1 Å². The van der Waals surface area contributed by atoms with Crippen molar-refractivity contribution in [3.05, 3.63) is 34.9 Å². The van der Waals surface area contributed by atoms with Gasteiger partial charge in [-0.2, -0.15) is 0 Å². The van der Waals surface area contributed by atoms with Gasteiger partial charge in [-0.3, -0.25) is 9.00 Å². The summed E-state index contributed by atoms with van der Waals surface area (Å²) in [6.07, 6.45) is 0.